The van der Waals surface area contributed by atoms with Crippen molar-refractivity contribution in [1.29, 1.82) is 0 Å². The SMILES string of the molecule is Cc1cnc(CN2CCN(CCn3nc4c(cc3=O)CCC4)CC2)cn1. The highest BCUT2D eigenvalue weighted by molar-refractivity contribution is 5.22. The van der Waals surface area contributed by atoms with E-state index in [0.29, 0.717) is 6.54 Å². The molecule has 1 fully saturated rings. The Bertz CT molecular complexity index is 808. The normalized spacial score (nSPS) is 18.2. The molecule has 0 radical (unpaired) electrons. The summed E-state index contributed by atoms with van der Waals surface area (Å²) in [7, 11) is 0. The number of nitrogens with zero attached hydrogens (tertiary/aromatic N) is 6. The molecular weight excluding hydrogens is 328 g/mol. The lowest BCUT2D eigenvalue weighted by Crippen LogP contribution is -2.47. The summed E-state index contributed by atoms with van der Waals surface area (Å²) in [5, 5.41) is 4.57. The summed E-state index contributed by atoms with van der Waals surface area (Å²) in [4.78, 5) is 25.8. The zero-order valence-electron chi connectivity index (χ0n) is 15.4. The van der Waals surface area contributed by atoms with Gasteiger partial charge in [-0.15, -0.1) is 0 Å². The van der Waals surface area contributed by atoms with Crippen LogP contribution >= 0.6 is 0 Å². The third-order valence-electron chi connectivity index (χ3n) is 5.34. The number of piperazine rings is 1. The second kappa shape index (κ2) is 7.63. The molecular formula is C19H26N6O. The molecule has 0 spiro atoms. The van der Waals surface area contributed by atoms with Crippen LogP contribution < -0.4 is 5.56 Å². The number of aromatic nitrogens is 4. The van der Waals surface area contributed by atoms with Crippen molar-refractivity contribution in [2.75, 3.05) is 32.7 Å². The van der Waals surface area contributed by atoms with E-state index in [-0.39, 0.29) is 5.56 Å². The lowest BCUT2D eigenvalue weighted by molar-refractivity contribution is 0.121. The van der Waals surface area contributed by atoms with Crippen molar-refractivity contribution in [3.63, 3.8) is 0 Å². The molecule has 0 N–H and O–H groups in total. The van der Waals surface area contributed by atoms with Crippen molar-refractivity contribution in [3.8, 4) is 0 Å². The number of fused-ring (bicyclic) bond motifs is 1. The monoisotopic (exact) mass is 354 g/mol. The molecule has 7 heteroatoms. The topological polar surface area (TPSA) is 67.2 Å². The van der Waals surface area contributed by atoms with Gasteiger partial charge in [0.1, 0.15) is 0 Å². The van der Waals surface area contributed by atoms with Crippen LogP contribution in [0, 0.1) is 6.92 Å². The van der Waals surface area contributed by atoms with Crippen molar-refractivity contribution in [2.24, 2.45) is 0 Å². The molecule has 3 heterocycles. The fraction of sp³-hybridized carbons (Fsp3) is 0.579. The zero-order chi connectivity index (χ0) is 17.9. The molecule has 4 rings (SSSR count). The molecule has 26 heavy (non-hydrogen) atoms. The number of aryl methyl sites for hydroxylation is 3. The number of hydrogen-bond donors (Lipinski definition) is 0. The predicted molar refractivity (Wildman–Crippen MR) is 99.0 cm³/mol. The van der Waals surface area contributed by atoms with E-state index in [1.165, 1.54) is 0 Å². The van der Waals surface area contributed by atoms with Crippen molar-refractivity contribution < 1.29 is 0 Å². The molecule has 0 saturated carbocycles. The van der Waals surface area contributed by atoms with Gasteiger partial charge in [-0.05, 0) is 31.7 Å². The second-order valence-electron chi connectivity index (χ2n) is 7.30. The summed E-state index contributed by atoms with van der Waals surface area (Å²) in [6.45, 7) is 8.42. The third kappa shape index (κ3) is 3.99. The number of rotatable bonds is 5. The number of hydrogen-bond acceptors (Lipinski definition) is 6. The Balaban J connectivity index is 1.26. The average molecular weight is 354 g/mol. The molecule has 138 valence electrons. The molecule has 2 aromatic rings. The van der Waals surface area contributed by atoms with Crippen LogP contribution in [0.5, 0.6) is 0 Å². The maximum absolute atomic E-state index is 12.2. The fourth-order valence-corrected chi connectivity index (χ4v) is 3.74. The van der Waals surface area contributed by atoms with Crippen molar-refractivity contribution in [3.05, 3.63) is 51.5 Å². The summed E-state index contributed by atoms with van der Waals surface area (Å²) in [6.07, 6.45) is 6.83. The zero-order valence-corrected chi connectivity index (χ0v) is 15.4. The Labute approximate surface area is 153 Å². The minimum Gasteiger partial charge on any atom is -0.299 e. The van der Waals surface area contributed by atoms with E-state index < -0.39 is 0 Å². The highest BCUT2D eigenvalue weighted by Gasteiger charge is 2.19. The van der Waals surface area contributed by atoms with Crippen molar-refractivity contribution >= 4 is 0 Å². The molecule has 0 atom stereocenters. The minimum atomic E-state index is 0.0437. The Morgan fingerprint density at radius 3 is 2.58 bits per heavy atom. The van der Waals surface area contributed by atoms with E-state index in [9.17, 15) is 4.79 Å². The van der Waals surface area contributed by atoms with Gasteiger partial charge in [-0.2, -0.15) is 5.10 Å². The van der Waals surface area contributed by atoms with Crippen LogP contribution in [0.2, 0.25) is 0 Å². The molecule has 1 aliphatic carbocycles. The van der Waals surface area contributed by atoms with E-state index in [1.807, 2.05) is 19.3 Å². The van der Waals surface area contributed by atoms with Gasteiger partial charge >= 0.3 is 0 Å². The third-order valence-corrected chi connectivity index (χ3v) is 5.34. The van der Waals surface area contributed by atoms with E-state index >= 15 is 0 Å². The Kier molecular flexibility index (Phi) is 5.08. The summed E-state index contributed by atoms with van der Waals surface area (Å²) < 4.78 is 1.65. The molecule has 0 bridgehead atoms. The van der Waals surface area contributed by atoms with Crippen LogP contribution in [0.25, 0.3) is 0 Å². The molecule has 0 unspecified atom stereocenters. The van der Waals surface area contributed by atoms with Gasteiger partial charge in [-0.1, -0.05) is 0 Å². The van der Waals surface area contributed by atoms with Crippen LogP contribution in [0.4, 0.5) is 0 Å². The van der Waals surface area contributed by atoms with E-state index in [2.05, 4.69) is 24.9 Å². The van der Waals surface area contributed by atoms with Gasteiger partial charge in [0.2, 0.25) is 0 Å². The summed E-state index contributed by atoms with van der Waals surface area (Å²) in [5.74, 6) is 0. The van der Waals surface area contributed by atoms with E-state index in [1.54, 1.807) is 10.7 Å². The van der Waals surface area contributed by atoms with E-state index in [0.717, 1.165) is 81.2 Å². The molecule has 1 saturated heterocycles. The first-order chi connectivity index (χ1) is 12.7. The van der Waals surface area contributed by atoms with Gasteiger partial charge in [0.25, 0.3) is 5.56 Å². The molecule has 0 amide bonds. The summed E-state index contributed by atoms with van der Waals surface area (Å²) in [6, 6.07) is 1.79. The van der Waals surface area contributed by atoms with Gasteiger partial charge in [-0.25, -0.2) is 4.68 Å². The minimum absolute atomic E-state index is 0.0437. The first kappa shape index (κ1) is 17.3. The van der Waals surface area contributed by atoms with Gasteiger partial charge < -0.3 is 0 Å². The Morgan fingerprint density at radius 2 is 1.81 bits per heavy atom. The Hall–Kier alpha value is -2.12. The molecule has 2 aliphatic rings. The lowest BCUT2D eigenvalue weighted by atomic mass is 10.2. The van der Waals surface area contributed by atoms with Crippen LogP contribution in [-0.4, -0.2) is 62.3 Å². The summed E-state index contributed by atoms with van der Waals surface area (Å²) in [5.41, 5.74) is 4.29. The highest BCUT2D eigenvalue weighted by atomic mass is 16.1. The van der Waals surface area contributed by atoms with Crippen LogP contribution in [0.15, 0.2) is 23.3 Å². The van der Waals surface area contributed by atoms with Gasteiger partial charge in [-0.3, -0.25) is 24.6 Å². The standard InChI is InChI=1S/C19H26N6O/c1-15-12-21-17(13-20-15)14-24-7-5-23(6-8-24)9-10-25-19(26)11-16-3-2-4-18(16)22-25/h11-13H,2-10,14H2,1H3. The summed E-state index contributed by atoms with van der Waals surface area (Å²) >= 11 is 0. The molecule has 7 nitrogen and oxygen atoms in total. The predicted octanol–water partition coefficient (Wildman–Crippen LogP) is 0.648. The molecule has 0 aromatic carbocycles. The van der Waals surface area contributed by atoms with Crippen LogP contribution in [0.3, 0.4) is 0 Å². The first-order valence-electron chi connectivity index (χ1n) is 9.49. The lowest BCUT2D eigenvalue weighted by Gasteiger charge is -2.34. The quantitative estimate of drug-likeness (QED) is 0.785. The van der Waals surface area contributed by atoms with Crippen molar-refractivity contribution in [2.45, 2.75) is 39.3 Å². The van der Waals surface area contributed by atoms with Gasteiger partial charge in [0.15, 0.2) is 0 Å². The van der Waals surface area contributed by atoms with Crippen LogP contribution in [0.1, 0.15) is 29.1 Å². The maximum Gasteiger partial charge on any atom is 0.267 e. The smallest absolute Gasteiger partial charge is 0.267 e. The highest BCUT2D eigenvalue weighted by Crippen LogP contribution is 2.17. The van der Waals surface area contributed by atoms with Crippen LogP contribution in [-0.2, 0) is 25.9 Å². The largest absolute Gasteiger partial charge is 0.299 e. The van der Waals surface area contributed by atoms with E-state index in [4.69, 9.17) is 0 Å². The van der Waals surface area contributed by atoms with Gasteiger partial charge in [0, 0.05) is 57.7 Å². The second-order valence-corrected chi connectivity index (χ2v) is 7.30. The molecule has 1 aliphatic heterocycles. The Morgan fingerprint density at radius 1 is 1.00 bits per heavy atom. The first-order valence-corrected chi connectivity index (χ1v) is 9.49. The molecule has 2 aromatic heterocycles. The maximum atomic E-state index is 12.2. The van der Waals surface area contributed by atoms with Gasteiger partial charge in [0.05, 0.1) is 23.6 Å². The van der Waals surface area contributed by atoms with Crippen molar-refractivity contribution in [1.82, 2.24) is 29.5 Å². The fourth-order valence-electron chi connectivity index (χ4n) is 3.74. The average Bonchev–Trinajstić information content (AvgIpc) is 3.10.